The molecule has 0 unspecified atom stereocenters. The lowest BCUT2D eigenvalue weighted by atomic mass is 10.1. The number of carbonyl (C=O) groups is 2. The Bertz CT molecular complexity index is 254. The van der Waals surface area contributed by atoms with Gasteiger partial charge in [-0.1, -0.05) is 0 Å². The van der Waals surface area contributed by atoms with Gasteiger partial charge < -0.3 is 15.1 Å². The number of likely N-dealkylation sites (tertiary alicyclic amines) is 1. The van der Waals surface area contributed by atoms with Crippen LogP contribution in [0.1, 0.15) is 19.3 Å². The summed E-state index contributed by atoms with van der Waals surface area (Å²) in [6.45, 7) is 2.39. The molecular formula is C11H21N3O2. The molecular weight excluding hydrogens is 206 g/mol. The van der Waals surface area contributed by atoms with E-state index in [-0.39, 0.29) is 18.4 Å². The molecule has 0 aromatic heterocycles. The van der Waals surface area contributed by atoms with Gasteiger partial charge in [0.1, 0.15) is 0 Å². The largest absolute Gasteiger partial charge is 0.353 e. The number of nitrogens with zero attached hydrogens (tertiary/aromatic N) is 2. The average molecular weight is 227 g/mol. The molecule has 0 aromatic carbocycles. The number of amides is 2. The van der Waals surface area contributed by atoms with Gasteiger partial charge in [-0.2, -0.15) is 0 Å². The molecule has 2 amide bonds. The number of carbonyl (C=O) groups excluding carboxylic acids is 2. The van der Waals surface area contributed by atoms with Gasteiger partial charge in [0.25, 0.3) is 0 Å². The van der Waals surface area contributed by atoms with E-state index < -0.39 is 0 Å². The second kappa shape index (κ2) is 6.48. The Labute approximate surface area is 96.8 Å². The van der Waals surface area contributed by atoms with Gasteiger partial charge in [0.2, 0.25) is 11.8 Å². The Morgan fingerprint density at radius 3 is 2.81 bits per heavy atom. The van der Waals surface area contributed by atoms with Crippen molar-refractivity contribution >= 4 is 11.8 Å². The summed E-state index contributed by atoms with van der Waals surface area (Å²) in [5.41, 5.74) is 0. The highest BCUT2D eigenvalue weighted by Gasteiger charge is 2.19. The first-order valence-electron chi connectivity index (χ1n) is 5.79. The Morgan fingerprint density at radius 1 is 1.44 bits per heavy atom. The Morgan fingerprint density at radius 2 is 2.19 bits per heavy atom. The fourth-order valence-corrected chi connectivity index (χ4v) is 1.68. The molecule has 1 N–H and O–H groups in total. The van der Waals surface area contributed by atoms with Crippen LogP contribution in [0.25, 0.3) is 0 Å². The molecule has 0 spiro atoms. The predicted molar refractivity (Wildman–Crippen MR) is 62.0 cm³/mol. The smallest absolute Gasteiger partial charge is 0.239 e. The molecule has 92 valence electrons. The zero-order valence-corrected chi connectivity index (χ0v) is 10.2. The third-order valence-electron chi connectivity index (χ3n) is 2.64. The maximum absolute atomic E-state index is 11.5. The van der Waals surface area contributed by atoms with Gasteiger partial charge >= 0.3 is 0 Å². The third kappa shape index (κ3) is 4.61. The van der Waals surface area contributed by atoms with E-state index in [1.54, 1.807) is 4.90 Å². The molecule has 5 nitrogen and oxygen atoms in total. The van der Waals surface area contributed by atoms with E-state index in [4.69, 9.17) is 0 Å². The first-order valence-corrected chi connectivity index (χ1v) is 5.79. The number of hydrogen-bond donors (Lipinski definition) is 1. The highest BCUT2D eigenvalue weighted by Crippen LogP contribution is 2.09. The van der Waals surface area contributed by atoms with Gasteiger partial charge in [0.05, 0.1) is 6.54 Å². The molecule has 0 radical (unpaired) electrons. The van der Waals surface area contributed by atoms with Crippen molar-refractivity contribution in [3.05, 3.63) is 0 Å². The van der Waals surface area contributed by atoms with Crippen LogP contribution in [0, 0.1) is 0 Å². The van der Waals surface area contributed by atoms with Gasteiger partial charge in [-0.25, -0.2) is 0 Å². The summed E-state index contributed by atoms with van der Waals surface area (Å²) in [6, 6.07) is 0. The second-order valence-electron chi connectivity index (χ2n) is 4.43. The number of nitrogens with one attached hydrogen (secondary N) is 1. The summed E-state index contributed by atoms with van der Waals surface area (Å²) in [5, 5.41) is 2.81. The van der Waals surface area contributed by atoms with Crippen LogP contribution in [0.3, 0.4) is 0 Å². The highest BCUT2D eigenvalue weighted by atomic mass is 16.2. The maximum Gasteiger partial charge on any atom is 0.239 e. The summed E-state index contributed by atoms with van der Waals surface area (Å²) in [6.07, 6.45) is 2.55. The quantitative estimate of drug-likeness (QED) is 0.700. The lowest BCUT2D eigenvalue weighted by molar-refractivity contribution is -0.137. The van der Waals surface area contributed by atoms with Crippen molar-refractivity contribution in [2.75, 3.05) is 40.3 Å². The van der Waals surface area contributed by atoms with E-state index in [2.05, 4.69) is 5.32 Å². The minimum absolute atomic E-state index is 0.0582. The van der Waals surface area contributed by atoms with Crippen molar-refractivity contribution in [1.82, 2.24) is 15.1 Å². The lowest BCUT2D eigenvalue weighted by Crippen LogP contribution is -2.44. The van der Waals surface area contributed by atoms with E-state index in [0.29, 0.717) is 13.0 Å². The topological polar surface area (TPSA) is 52.7 Å². The zero-order valence-electron chi connectivity index (χ0n) is 10.2. The van der Waals surface area contributed by atoms with Crippen molar-refractivity contribution in [3.8, 4) is 0 Å². The van der Waals surface area contributed by atoms with Crippen LogP contribution in [0.2, 0.25) is 0 Å². The fraction of sp³-hybridized carbons (Fsp3) is 0.818. The number of hydrogen-bond acceptors (Lipinski definition) is 3. The summed E-state index contributed by atoms with van der Waals surface area (Å²) in [4.78, 5) is 26.6. The van der Waals surface area contributed by atoms with Crippen molar-refractivity contribution in [1.29, 1.82) is 0 Å². The average Bonchev–Trinajstić information content (AvgIpc) is 2.21. The highest BCUT2D eigenvalue weighted by molar-refractivity contribution is 5.85. The summed E-state index contributed by atoms with van der Waals surface area (Å²) >= 11 is 0. The normalized spacial score (nSPS) is 16.7. The third-order valence-corrected chi connectivity index (χ3v) is 2.64. The minimum atomic E-state index is -0.0582. The predicted octanol–water partition coefficient (Wildman–Crippen LogP) is -0.323. The molecule has 1 heterocycles. The first-order chi connectivity index (χ1) is 7.59. The number of likely N-dealkylation sites (N-methyl/N-ethyl adjacent to an activating group) is 1. The molecule has 16 heavy (non-hydrogen) atoms. The minimum Gasteiger partial charge on any atom is -0.353 e. The molecule has 0 bridgehead atoms. The van der Waals surface area contributed by atoms with Gasteiger partial charge in [-0.15, -0.1) is 0 Å². The van der Waals surface area contributed by atoms with E-state index >= 15 is 0 Å². The molecule has 1 aliphatic heterocycles. The van der Waals surface area contributed by atoms with Crippen LogP contribution >= 0.6 is 0 Å². The van der Waals surface area contributed by atoms with Gasteiger partial charge in [-0.05, 0) is 26.9 Å². The molecule has 0 aromatic rings. The molecule has 0 saturated carbocycles. The zero-order chi connectivity index (χ0) is 12.0. The Hall–Kier alpha value is -1.10. The van der Waals surface area contributed by atoms with Crippen molar-refractivity contribution in [2.45, 2.75) is 19.3 Å². The van der Waals surface area contributed by atoms with Crippen LogP contribution in [-0.2, 0) is 9.59 Å². The van der Waals surface area contributed by atoms with Crippen LogP contribution in [0.5, 0.6) is 0 Å². The molecule has 5 heteroatoms. The first kappa shape index (κ1) is 13.0. The van der Waals surface area contributed by atoms with Crippen LogP contribution in [-0.4, -0.2) is 61.9 Å². The van der Waals surface area contributed by atoms with E-state index in [1.165, 1.54) is 0 Å². The van der Waals surface area contributed by atoms with Crippen LogP contribution in [0.15, 0.2) is 0 Å². The monoisotopic (exact) mass is 227 g/mol. The number of rotatable bonds is 5. The fourth-order valence-electron chi connectivity index (χ4n) is 1.68. The second-order valence-corrected chi connectivity index (χ2v) is 4.43. The lowest BCUT2D eigenvalue weighted by Gasteiger charge is -2.26. The molecule has 1 rings (SSSR count). The number of piperidine rings is 1. The molecule has 0 aliphatic carbocycles. The summed E-state index contributed by atoms with van der Waals surface area (Å²) in [7, 11) is 3.92. The van der Waals surface area contributed by atoms with Crippen LogP contribution < -0.4 is 5.32 Å². The van der Waals surface area contributed by atoms with Crippen molar-refractivity contribution in [3.63, 3.8) is 0 Å². The Kier molecular flexibility index (Phi) is 5.25. The van der Waals surface area contributed by atoms with Crippen molar-refractivity contribution < 1.29 is 9.59 Å². The maximum atomic E-state index is 11.5. The standard InChI is InChI=1S/C11H21N3O2/c1-13(2)8-6-12-10(15)9-14-7-4-3-5-11(14)16/h3-9H2,1-2H3,(H,12,15). The SMILES string of the molecule is CN(C)CCNC(=O)CN1CCCCC1=O. The Balaban J connectivity index is 2.20. The molecule has 0 atom stereocenters. The summed E-state index contributed by atoms with van der Waals surface area (Å²) in [5.74, 6) is 0.0473. The molecule has 1 aliphatic rings. The van der Waals surface area contributed by atoms with E-state index in [1.807, 2.05) is 19.0 Å². The van der Waals surface area contributed by atoms with Gasteiger partial charge in [0.15, 0.2) is 0 Å². The van der Waals surface area contributed by atoms with Crippen molar-refractivity contribution in [2.24, 2.45) is 0 Å². The van der Waals surface area contributed by atoms with Crippen LogP contribution in [0.4, 0.5) is 0 Å². The molecule has 1 fully saturated rings. The van der Waals surface area contributed by atoms with E-state index in [9.17, 15) is 9.59 Å². The molecule has 1 saturated heterocycles. The van der Waals surface area contributed by atoms with Gasteiger partial charge in [0, 0.05) is 26.1 Å². The summed E-state index contributed by atoms with van der Waals surface area (Å²) < 4.78 is 0. The van der Waals surface area contributed by atoms with Gasteiger partial charge in [-0.3, -0.25) is 9.59 Å². The van der Waals surface area contributed by atoms with E-state index in [0.717, 1.165) is 25.9 Å².